The molecule has 0 spiro atoms. The first-order valence-corrected chi connectivity index (χ1v) is 5.88. The van der Waals surface area contributed by atoms with Gasteiger partial charge in [-0.25, -0.2) is 0 Å². The number of nitrogens with two attached hydrogens (primary N) is 1. The first-order chi connectivity index (χ1) is 5.96. The molecule has 0 bridgehead atoms. The second-order valence-corrected chi connectivity index (χ2v) is 5.74. The number of hydrogen-bond donors (Lipinski definition) is 2. The summed E-state index contributed by atoms with van der Waals surface area (Å²) in [6, 6.07) is 0.188. The molecule has 1 rings (SSSR count). The highest BCUT2D eigenvalue weighted by Gasteiger charge is 2.26. The van der Waals surface area contributed by atoms with Crippen molar-refractivity contribution in [2.45, 2.75) is 26.8 Å². The summed E-state index contributed by atoms with van der Waals surface area (Å²) in [6.45, 7) is 6.50. The fourth-order valence-corrected chi connectivity index (χ4v) is 2.86. The van der Waals surface area contributed by atoms with Gasteiger partial charge in [0.2, 0.25) is 0 Å². The van der Waals surface area contributed by atoms with E-state index in [-0.39, 0.29) is 11.5 Å². The molecule has 0 fully saturated rings. The lowest BCUT2D eigenvalue weighted by atomic mass is 9.84. The molecule has 1 unspecified atom stereocenters. The number of thiophene rings is 1. The largest absolute Gasteiger partial charge is 0.271 e. The number of hydrazine groups is 1. The summed E-state index contributed by atoms with van der Waals surface area (Å²) in [4.78, 5) is 0. The maximum Gasteiger partial charge on any atom is 0.0527 e. The van der Waals surface area contributed by atoms with Gasteiger partial charge in [0.25, 0.3) is 0 Å². The first kappa shape index (κ1) is 11.2. The highest BCUT2D eigenvalue weighted by atomic mass is 79.9. The number of hydrogen-bond acceptors (Lipinski definition) is 3. The zero-order chi connectivity index (χ0) is 10.1. The van der Waals surface area contributed by atoms with Crippen molar-refractivity contribution in [1.82, 2.24) is 5.43 Å². The Hall–Kier alpha value is 0.100. The number of nitrogens with one attached hydrogen (secondary N) is 1. The van der Waals surface area contributed by atoms with Gasteiger partial charge in [-0.1, -0.05) is 20.8 Å². The standard InChI is InChI=1S/C9H15BrN2S/c1-9(2,3)8(12-11)6-4-13-5-7(6)10/h4-5,8,12H,11H2,1-3H3. The van der Waals surface area contributed by atoms with E-state index in [0.29, 0.717) is 0 Å². The maximum absolute atomic E-state index is 5.55. The molecule has 1 atom stereocenters. The summed E-state index contributed by atoms with van der Waals surface area (Å²) in [5.74, 6) is 5.55. The van der Waals surface area contributed by atoms with Crippen LogP contribution in [0.5, 0.6) is 0 Å². The first-order valence-electron chi connectivity index (χ1n) is 4.14. The van der Waals surface area contributed by atoms with E-state index in [1.54, 1.807) is 11.3 Å². The van der Waals surface area contributed by atoms with Crippen molar-refractivity contribution in [3.63, 3.8) is 0 Å². The minimum absolute atomic E-state index is 0.123. The van der Waals surface area contributed by atoms with Crippen molar-refractivity contribution >= 4 is 27.3 Å². The molecule has 1 heterocycles. The Morgan fingerprint density at radius 2 is 2.08 bits per heavy atom. The highest BCUT2D eigenvalue weighted by molar-refractivity contribution is 9.10. The van der Waals surface area contributed by atoms with Crippen LogP contribution in [0.2, 0.25) is 0 Å². The zero-order valence-electron chi connectivity index (χ0n) is 8.10. The molecule has 0 aliphatic heterocycles. The van der Waals surface area contributed by atoms with Crippen LogP contribution in [0.4, 0.5) is 0 Å². The van der Waals surface area contributed by atoms with E-state index in [0.717, 1.165) is 4.47 Å². The summed E-state index contributed by atoms with van der Waals surface area (Å²) in [7, 11) is 0. The van der Waals surface area contributed by atoms with Crippen LogP contribution in [0, 0.1) is 5.41 Å². The molecule has 13 heavy (non-hydrogen) atoms. The van der Waals surface area contributed by atoms with Crippen molar-refractivity contribution in [2.75, 3.05) is 0 Å². The third-order valence-corrected chi connectivity index (χ3v) is 3.74. The van der Waals surface area contributed by atoms with E-state index >= 15 is 0 Å². The molecule has 1 aromatic rings. The Labute approximate surface area is 91.6 Å². The Kier molecular flexibility index (Phi) is 3.51. The molecule has 4 heteroatoms. The molecule has 0 amide bonds. The molecule has 0 aromatic carbocycles. The van der Waals surface area contributed by atoms with Crippen molar-refractivity contribution in [3.8, 4) is 0 Å². The Morgan fingerprint density at radius 3 is 2.38 bits per heavy atom. The molecule has 0 saturated heterocycles. The summed E-state index contributed by atoms with van der Waals surface area (Å²) in [6.07, 6.45) is 0. The smallest absolute Gasteiger partial charge is 0.0527 e. The molecule has 0 radical (unpaired) electrons. The Morgan fingerprint density at radius 1 is 1.46 bits per heavy atom. The second-order valence-electron chi connectivity index (χ2n) is 4.14. The van der Waals surface area contributed by atoms with Gasteiger partial charge in [-0.15, -0.1) is 0 Å². The van der Waals surface area contributed by atoms with Crippen molar-refractivity contribution in [3.05, 3.63) is 20.8 Å². The van der Waals surface area contributed by atoms with E-state index in [1.807, 2.05) is 0 Å². The monoisotopic (exact) mass is 262 g/mol. The summed E-state index contributed by atoms with van der Waals surface area (Å²) >= 11 is 5.20. The van der Waals surface area contributed by atoms with Crippen LogP contribution in [-0.2, 0) is 0 Å². The number of halogens is 1. The van der Waals surface area contributed by atoms with E-state index < -0.39 is 0 Å². The van der Waals surface area contributed by atoms with Crippen LogP contribution in [0.1, 0.15) is 32.4 Å². The second kappa shape index (κ2) is 4.09. The minimum atomic E-state index is 0.123. The third-order valence-electron chi connectivity index (χ3n) is 1.99. The molecule has 1 aromatic heterocycles. The van der Waals surface area contributed by atoms with Crippen LogP contribution in [-0.4, -0.2) is 0 Å². The van der Waals surface area contributed by atoms with E-state index in [9.17, 15) is 0 Å². The summed E-state index contributed by atoms with van der Waals surface area (Å²) in [5, 5.41) is 4.20. The van der Waals surface area contributed by atoms with Gasteiger partial charge in [0.05, 0.1) is 6.04 Å². The maximum atomic E-state index is 5.55. The van der Waals surface area contributed by atoms with Crippen LogP contribution in [0.25, 0.3) is 0 Å². The quantitative estimate of drug-likeness (QED) is 0.635. The van der Waals surface area contributed by atoms with Gasteiger partial charge >= 0.3 is 0 Å². The van der Waals surface area contributed by atoms with E-state index in [2.05, 4.69) is 52.9 Å². The molecule has 74 valence electrons. The topological polar surface area (TPSA) is 38.0 Å². The van der Waals surface area contributed by atoms with Gasteiger partial charge in [-0.05, 0) is 32.3 Å². The fraction of sp³-hybridized carbons (Fsp3) is 0.556. The van der Waals surface area contributed by atoms with Gasteiger partial charge in [0.15, 0.2) is 0 Å². The molecule has 0 saturated carbocycles. The van der Waals surface area contributed by atoms with Crippen LogP contribution >= 0.6 is 27.3 Å². The fourth-order valence-electron chi connectivity index (χ4n) is 1.30. The van der Waals surface area contributed by atoms with Crippen LogP contribution in [0.15, 0.2) is 15.2 Å². The predicted octanol–water partition coefficient (Wildman–Crippen LogP) is 3.06. The average Bonchev–Trinajstić information content (AvgIpc) is 2.35. The molecular weight excluding hydrogens is 248 g/mol. The van der Waals surface area contributed by atoms with Gasteiger partial charge in [0, 0.05) is 9.85 Å². The van der Waals surface area contributed by atoms with Gasteiger partial charge in [-0.3, -0.25) is 11.3 Å². The summed E-state index contributed by atoms with van der Waals surface area (Å²) in [5.41, 5.74) is 4.22. The molecule has 2 nitrogen and oxygen atoms in total. The third kappa shape index (κ3) is 2.53. The van der Waals surface area contributed by atoms with Gasteiger partial charge in [0.1, 0.15) is 0 Å². The summed E-state index contributed by atoms with van der Waals surface area (Å²) < 4.78 is 1.13. The lowest BCUT2D eigenvalue weighted by Gasteiger charge is -2.29. The van der Waals surface area contributed by atoms with Crippen LogP contribution < -0.4 is 11.3 Å². The van der Waals surface area contributed by atoms with Gasteiger partial charge < -0.3 is 0 Å². The predicted molar refractivity (Wildman–Crippen MR) is 61.5 cm³/mol. The molecule has 0 aliphatic rings. The van der Waals surface area contributed by atoms with E-state index in [4.69, 9.17) is 5.84 Å². The number of rotatable bonds is 2. The minimum Gasteiger partial charge on any atom is -0.271 e. The molecule has 3 N–H and O–H groups in total. The Balaban J connectivity index is 2.98. The Bertz CT molecular complexity index is 277. The SMILES string of the molecule is CC(C)(C)C(NN)c1cscc1Br. The lowest BCUT2D eigenvalue weighted by Crippen LogP contribution is -2.36. The molecule has 0 aliphatic carbocycles. The zero-order valence-corrected chi connectivity index (χ0v) is 10.5. The van der Waals surface area contributed by atoms with Crippen molar-refractivity contribution < 1.29 is 0 Å². The highest BCUT2D eigenvalue weighted by Crippen LogP contribution is 2.37. The van der Waals surface area contributed by atoms with Crippen molar-refractivity contribution in [2.24, 2.45) is 11.3 Å². The lowest BCUT2D eigenvalue weighted by molar-refractivity contribution is 0.275. The van der Waals surface area contributed by atoms with Gasteiger partial charge in [-0.2, -0.15) is 11.3 Å². The van der Waals surface area contributed by atoms with Crippen molar-refractivity contribution in [1.29, 1.82) is 0 Å². The normalized spacial score (nSPS) is 14.5. The van der Waals surface area contributed by atoms with Crippen LogP contribution in [0.3, 0.4) is 0 Å². The molecular formula is C9H15BrN2S. The van der Waals surface area contributed by atoms with E-state index in [1.165, 1.54) is 5.56 Å². The average molecular weight is 263 g/mol.